The highest BCUT2D eigenvalue weighted by Gasteiger charge is 2.42. The molecule has 1 saturated carbocycles. The van der Waals surface area contributed by atoms with Crippen molar-refractivity contribution in [3.63, 3.8) is 0 Å². The second kappa shape index (κ2) is 5.06. The molecule has 1 nitrogen and oxygen atoms in total. The third-order valence-electron chi connectivity index (χ3n) is 4.64. The van der Waals surface area contributed by atoms with Gasteiger partial charge in [0.15, 0.2) is 0 Å². The van der Waals surface area contributed by atoms with Crippen LogP contribution in [-0.2, 0) is 5.54 Å². The lowest BCUT2D eigenvalue weighted by molar-refractivity contribution is 0.209. The van der Waals surface area contributed by atoms with Crippen molar-refractivity contribution in [2.75, 3.05) is 0 Å². The second-order valence-corrected chi connectivity index (χ2v) is 6.45. The Morgan fingerprint density at radius 1 is 0.950 bits per heavy atom. The van der Waals surface area contributed by atoms with Crippen molar-refractivity contribution in [3.8, 4) is 0 Å². The molecule has 0 bridgehead atoms. The van der Waals surface area contributed by atoms with Gasteiger partial charge in [0.1, 0.15) is 0 Å². The Hall–Kier alpha value is -1.60. The minimum atomic E-state index is -0.129. The summed E-state index contributed by atoms with van der Waals surface area (Å²) in [5.41, 5.74) is 10.5. The molecule has 1 heteroatoms. The zero-order chi connectivity index (χ0) is 14.2. The Balaban J connectivity index is 1.73. The fourth-order valence-corrected chi connectivity index (χ4v) is 3.22. The molecule has 2 aromatic carbocycles. The molecule has 2 aromatic rings. The maximum Gasteiger partial charge on any atom is 0.0421 e. The number of hydrogen-bond acceptors (Lipinski definition) is 1. The van der Waals surface area contributed by atoms with Gasteiger partial charge in [-0.3, -0.25) is 0 Å². The van der Waals surface area contributed by atoms with Gasteiger partial charge in [0.2, 0.25) is 0 Å². The minimum Gasteiger partial charge on any atom is -0.321 e. The molecule has 0 unspecified atom stereocenters. The number of hydrogen-bond donors (Lipinski definition) is 1. The van der Waals surface area contributed by atoms with Gasteiger partial charge in [-0.05, 0) is 41.4 Å². The molecule has 3 rings (SSSR count). The second-order valence-electron chi connectivity index (χ2n) is 6.45. The largest absolute Gasteiger partial charge is 0.321 e. The summed E-state index contributed by atoms with van der Waals surface area (Å²) in [7, 11) is 0. The summed E-state index contributed by atoms with van der Waals surface area (Å²) in [4.78, 5) is 0. The number of rotatable bonds is 3. The first-order valence-electron chi connectivity index (χ1n) is 7.53. The van der Waals surface area contributed by atoms with Crippen LogP contribution in [-0.4, -0.2) is 0 Å². The van der Waals surface area contributed by atoms with Gasteiger partial charge in [0.05, 0.1) is 0 Å². The van der Waals surface area contributed by atoms with Crippen LogP contribution in [0.1, 0.15) is 55.2 Å². The topological polar surface area (TPSA) is 26.0 Å². The zero-order valence-electron chi connectivity index (χ0n) is 12.3. The highest BCUT2D eigenvalue weighted by atomic mass is 14.8. The molecule has 1 fully saturated rings. The van der Waals surface area contributed by atoms with Gasteiger partial charge < -0.3 is 5.73 Å². The summed E-state index contributed by atoms with van der Waals surface area (Å²) in [6, 6.07) is 19.6. The van der Waals surface area contributed by atoms with E-state index in [0.717, 1.165) is 12.8 Å². The molecular weight excluding hydrogens is 242 g/mol. The summed E-state index contributed by atoms with van der Waals surface area (Å²) in [6.07, 6.45) is 2.11. The van der Waals surface area contributed by atoms with E-state index < -0.39 is 0 Å². The molecule has 0 atom stereocenters. The molecule has 1 aliphatic carbocycles. The normalized spacial score (nSPS) is 25.5. The molecule has 0 spiro atoms. The summed E-state index contributed by atoms with van der Waals surface area (Å²) in [6.45, 7) is 4.45. The molecule has 2 N–H and O–H groups in total. The van der Waals surface area contributed by atoms with Crippen LogP contribution in [0.4, 0.5) is 0 Å². The average Bonchev–Trinajstić information content (AvgIpc) is 2.45. The van der Waals surface area contributed by atoms with Gasteiger partial charge in [-0.25, -0.2) is 0 Å². The fourth-order valence-electron chi connectivity index (χ4n) is 3.22. The van der Waals surface area contributed by atoms with Crippen molar-refractivity contribution in [3.05, 3.63) is 71.3 Å². The van der Waals surface area contributed by atoms with E-state index in [9.17, 15) is 0 Å². The predicted octanol–water partition coefficient (Wildman–Crippen LogP) is 4.54. The summed E-state index contributed by atoms with van der Waals surface area (Å²) >= 11 is 0. The van der Waals surface area contributed by atoms with Crippen LogP contribution < -0.4 is 5.73 Å². The number of nitrogens with two attached hydrogens (primary N) is 1. The van der Waals surface area contributed by atoms with Gasteiger partial charge in [0, 0.05) is 5.54 Å². The van der Waals surface area contributed by atoms with E-state index >= 15 is 0 Å². The van der Waals surface area contributed by atoms with E-state index in [4.69, 9.17) is 5.73 Å². The lowest BCUT2D eigenvalue weighted by Gasteiger charge is -2.46. The van der Waals surface area contributed by atoms with Gasteiger partial charge in [-0.15, -0.1) is 0 Å². The molecule has 0 radical (unpaired) electrons. The summed E-state index contributed by atoms with van der Waals surface area (Å²) < 4.78 is 0. The summed E-state index contributed by atoms with van der Waals surface area (Å²) in [5.74, 6) is 1.20. The van der Waals surface area contributed by atoms with Crippen LogP contribution in [0.5, 0.6) is 0 Å². The van der Waals surface area contributed by atoms with Crippen molar-refractivity contribution in [1.29, 1.82) is 0 Å². The molecule has 104 valence electrons. The van der Waals surface area contributed by atoms with Gasteiger partial charge in [0.25, 0.3) is 0 Å². The fraction of sp³-hybridized carbons (Fsp3) is 0.368. The van der Waals surface area contributed by atoms with Crippen molar-refractivity contribution in [1.82, 2.24) is 0 Å². The lowest BCUT2D eigenvalue weighted by Crippen LogP contribution is -2.47. The van der Waals surface area contributed by atoms with Crippen LogP contribution in [0.15, 0.2) is 54.6 Å². The van der Waals surface area contributed by atoms with E-state index in [2.05, 4.69) is 68.4 Å². The quantitative estimate of drug-likeness (QED) is 0.866. The smallest absolute Gasteiger partial charge is 0.0421 e. The van der Waals surface area contributed by atoms with E-state index in [-0.39, 0.29) is 5.54 Å². The Morgan fingerprint density at radius 2 is 1.55 bits per heavy atom. The molecular formula is C19H23N. The third kappa shape index (κ3) is 2.38. The minimum absolute atomic E-state index is 0.129. The zero-order valence-corrected chi connectivity index (χ0v) is 12.3. The molecule has 0 aromatic heterocycles. The maximum atomic E-state index is 6.58. The first kappa shape index (κ1) is 13.4. The van der Waals surface area contributed by atoms with E-state index in [1.807, 2.05) is 0 Å². The molecule has 0 amide bonds. The molecule has 1 aliphatic rings. The Kier molecular flexibility index (Phi) is 3.39. The lowest BCUT2D eigenvalue weighted by atomic mass is 9.63. The first-order valence-corrected chi connectivity index (χ1v) is 7.53. The van der Waals surface area contributed by atoms with Gasteiger partial charge in [-0.1, -0.05) is 68.4 Å². The first-order chi connectivity index (χ1) is 9.58. The monoisotopic (exact) mass is 265 g/mol. The van der Waals surface area contributed by atoms with Crippen LogP contribution >= 0.6 is 0 Å². The Bertz CT molecular complexity index is 562. The molecule has 0 aliphatic heterocycles. The van der Waals surface area contributed by atoms with Crippen LogP contribution in [0, 0.1) is 0 Å². The summed E-state index contributed by atoms with van der Waals surface area (Å²) in [5, 5.41) is 0. The predicted molar refractivity (Wildman–Crippen MR) is 84.8 cm³/mol. The van der Waals surface area contributed by atoms with E-state index in [1.165, 1.54) is 16.7 Å². The van der Waals surface area contributed by atoms with Gasteiger partial charge >= 0.3 is 0 Å². The van der Waals surface area contributed by atoms with Crippen LogP contribution in [0.3, 0.4) is 0 Å². The molecule has 0 saturated heterocycles. The van der Waals surface area contributed by atoms with E-state index in [1.54, 1.807) is 0 Å². The molecule has 0 heterocycles. The SMILES string of the molecule is CC(C)c1ccc(C2(N)CC(c3ccccc3)C2)cc1. The van der Waals surface area contributed by atoms with Crippen LogP contribution in [0.2, 0.25) is 0 Å². The third-order valence-corrected chi connectivity index (χ3v) is 4.64. The average molecular weight is 265 g/mol. The van der Waals surface area contributed by atoms with Gasteiger partial charge in [-0.2, -0.15) is 0 Å². The highest BCUT2D eigenvalue weighted by Crippen LogP contribution is 2.49. The Labute approximate surface area is 121 Å². The maximum absolute atomic E-state index is 6.58. The van der Waals surface area contributed by atoms with E-state index in [0.29, 0.717) is 11.8 Å². The van der Waals surface area contributed by atoms with Crippen LogP contribution in [0.25, 0.3) is 0 Å². The Morgan fingerprint density at radius 3 is 2.10 bits per heavy atom. The highest BCUT2D eigenvalue weighted by molar-refractivity contribution is 5.35. The van der Waals surface area contributed by atoms with Crippen molar-refractivity contribution >= 4 is 0 Å². The van der Waals surface area contributed by atoms with Crippen molar-refractivity contribution in [2.24, 2.45) is 5.73 Å². The van der Waals surface area contributed by atoms with Crippen molar-refractivity contribution in [2.45, 2.75) is 44.1 Å². The molecule has 20 heavy (non-hydrogen) atoms. The number of benzene rings is 2. The standard InChI is InChI=1S/C19H23N/c1-14(2)15-8-10-18(11-9-15)19(20)12-17(13-19)16-6-4-3-5-7-16/h3-11,14,17H,12-13,20H2,1-2H3. The van der Waals surface area contributed by atoms with Crippen molar-refractivity contribution < 1.29 is 0 Å².